The van der Waals surface area contributed by atoms with Gasteiger partial charge in [-0.3, -0.25) is 14.4 Å². The zero-order valence-electron chi connectivity index (χ0n) is 9.49. The Morgan fingerprint density at radius 3 is 2.16 bits per heavy atom. The number of rotatable bonds is 4. The van der Waals surface area contributed by atoms with E-state index in [1.807, 2.05) is 0 Å². The zero-order chi connectivity index (χ0) is 14.5. The van der Waals surface area contributed by atoms with Crippen LogP contribution in [0.2, 0.25) is 0 Å². The molecule has 0 radical (unpaired) electrons. The van der Waals surface area contributed by atoms with Crippen LogP contribution in [0.4, 0.5) is 0 Å². The Balaban J connectivity index is 2.71. The van der Waals surface area contributed by atoms with Gasteiger partial charge in [-0.2, -0.15) is 0 Å². The Kier molecular flexibility index (Phi) is 4.59. The van der Waals surface area contributed by atoms with E-state index in [1.54, 1.807) is 11.4 Å². The number of hydrogen-bond donors (Lipinski definition) is 3. The van der Waals surface area contributed by atoms with E-state index in [-0.39, 0.29) is 4.90 Å². The average Bonchev–Trinajstić information content (AvgIpc) is 2.36. The number of sulfonamides is 1. The predicted molar refractivity (Wildman–Crippen MR) is 62.4 cm³/mol. The minimum atomic E-state index is -4.15. The average molecular weight is 286 g/mol. The van der Waals surface area contributed by atoms with Gasteiger partial charge in [0.25, 0.3) is 10.0 Å². The van der Waals surface area contributed by atoms with Crippen LogP contribution >= 0.6 is 0 Å². The molecular weight excluding hydrogens is 276 g/mol. The summed E-state index contributed by atoms with van der Waals surface area (Å²) in [6.45, 7) is -0.780. The normalized spacial score (nSPS) is 10.5. The Bertz CT molecular complexity index is 596. The fourth-order valence-corrected chi connectivity index (χ4v) is 2.03. The summed E-state index contributed by atoms with van der Waals surface area (Å²) in [6.07, 6.45) is 0. The molecule has 19 heavy (non-hydrogen) atoms. The van der Waals surface area contributed by atoms with Crippen LogP contribution in [0.3, 0.4) is 0 Å². The van der Waals surface area contributed by atoms with Crippen molar-refractivity contribution in [3.8, 4) is 0 Å². The second-order valence-electron chi connectivity index (χ2n) is 3.32. The van der Waals surface area contributed by atoms with E-state index >= 15 is 0 Å². The van der Waals surface area contributed by atoms with Crippen molar-refractivity contribution in [2.24, 2.45) is 0 Å². The van der Waals surface area contributed by atoms with Crippen LogP contribution in [-0.4, -0.2) is 37.9 Å². The van der Waals surface area contributed by atoms with Crippen molar-refractivity contribution in [1.82, 2.24) is 10.0 Å². The van der Waals surface area contributed by atoms with Crippen LogP contribution in [0.25, 0.3) is 0 Å². The third-order valence-electron chi connectivity index (χ3n) is 1.89. The van der Waals surface area contributed by atoms with Crippen LogP contribution in [0.5, 0.6) is 0 Å². The minimum Gasteiger partial charge on any atom is -0.480 e. The molecule has 1 aromatic rings. The number of amides is 2. The molecule has 0 fully saturated rings. The highest BCUT2D eigenvalue weighted by molar-refractivity contribution is 7.90. The number of carboxylic acids is 1. The molecule has 0 saturated carbocycles. The van der Waals surface area contributed by atoms with Crippen molar-refractivity contribution >= 4 is 27.8 Å². The first-order valence-corrected chi connectivity index (χ1v) is 6.43. The molecule has 0 spiro atoms. The molecule has 9 heteroatoms. The smallest absolute Gasteiger partial charge is 0.323 e. The van der Waals surface area contributed by atoms with E-state index in [0.29, 0.717) is 0 Å². The maximum Gasteiger partial charge on any atom is 0.323 e. The van der Waals surface area contributed by atoms with Gasteiger partial charge in [-0.1, -0.05) is 18.2 Å². The maximum absolute atomic E-state index is 11.7. The van der Waals surface area contributed by atoms with Gasteiger partial charge in [0.2, 0.25) is 0 Å². The quantitative estimate of drug-likeness (QED) is 0.589. The van der Waals surface area contributed by atoms with Crippen molar-refractivity contribution < 1.29 is 27.9 Å². The molecule has 0 aromatic heterocycles. The van der Waals surface area contributed by atoms with Gasteiger partial charge in [0, 0.05) is 0 Å². The lowest BCUT2D eigenvalue weighted by molar-refractivity contribution is -0.141. The molecule has 0 aliphatic carbocycles. The largest absolute Gasteiger partial charge is 0.480 e. The van der Waals surface area contributed by atoms with Crippen LogP contribution in [-0.2, 0) is 24.4 Å². The summed E-state index contributed by atoms with van der Waals surface area (Å²) in [4.78, 5) is 32.3. The number of carboxylic acid groups (broad SMARTS) is 1. The highest BCUT2D eigenvalue weighted by Gasteiger charge is 2.22. The Hall–Kier alpha value is -2.42. The standard InChI is InChI=1S/C10H10N2O6S/c13-8(14)6-11-9(15)10(16)12-19(17,18)7-4-2-1-3-5-7/h1-5H,6H2,(H,11,15)(H,12,16)(H,13,14). The molecule has 0 bridgehead atoms. The van der Waals surface area contributed by atoms with E-state index in [2.05, 4.69) is 0 Å². The van der Waals surface area contributed by atoms with Crippen molar-refractivity contribution in [3.63, 3.8) is 0 Å². The van der Waals surface area contributed by atoms with Gasteiger partial charge >= 0.3 is 17.8 Å². The lowest BCUT2D eigenvalue weighted by Crippen LogP contribution is -2.44. The Morgan fingerprint density at radius 1 is 1.05 bits per heavy atom. The van der Waals surface area contributed by atoms with E-state index in [9.17, 15) is 22.8 Å². The lowest BCUT2D eigenvalue weighted by Gasteiger charge is -2.06. The lowest BCUT2D eigenvalue weighted by atomic mass is 10.4. The van der Waals surface area contributed by atoms with E-state index in [1.165, 1.54) is 29.0 Å². The molecule has 0 aliphatic rings. The molecule has 0 aliphatic heterocycles. The molecule has 1 aromatic carbocycles. The number of benzene rings is 1. The first kappa shape index (κ1) is 14.6. The van der Waals surface area contributed by atoms with E-state index < -0.39 is 34.4 Å². The van der Waals surface area contributed by atoms with E-state index in [0.717, 1.165) is 0 Å². The topological polar surface area (TPSA) is 130 Å². The molecular formula is C10H10N2O6S. The number of carbonyl (C=O) groups is 3. The summed E-state index contributed by atoms with van der Waals surface area (Å²) in [6, 6.07) is 6.96. The highest BCUT2D eigenvalue weighted by atomic mass is 32.2. The molecule has 1 rings (SSSR count). The Morgan fingerprint density at radius 2 is 1.63 bits per heavy atom. The number of hydrogen-bond acceptors (Lipinski definition) is 5. The molecule has 0 unspecified atom stereocenters. The third-order valence-corrected chi connectivity index (χ3v) is 3.23. The van der Waals surface area contributed by atoms with Crippen molar-refractivity contribution in [1.29, 1.82) is 0 Å². The van der Waals surface area contributed by atoms with Gasteiger partial charge in [-0.05, 0) is 12.1 Å². The SMILES string of the molecule is O=C(O)CNC(=O)C(=O)NS(=O)(=O)c1ccccc1. The summed E-state index contributed by atoms with van der Waals surface area (Å²) < 4.78 is 24.8. The van der Waals surface area contributed by atoms with Gasteiger partial charge in [-0.15, -0.1) is 0 Å². The van der Waals surface area contributed by atoms with Crippen LogP contribution in [0.15, 0.2) is 35.2 Å². The molecule has 0 atom stereocenters. The first-order valence-electron chi connectivity index (χ1n) is 4.95. The van der Waals surface area contributed by atoms with Gasteiger partial charge < -0.3 is 10.4 Å². The fourth-order valence-electron chi connectivity index (χ4n) is 1.06. The molecule has 0 heterocycles. The molecule has 2 amide bonds. The van der Waals surface area contributed by atoms with Crippen molar-refractivity contribution in [2.45, 2.75) is 4.90 Å². The van der Waals surface area contributed by atoms with Crippen molar-refractivity contribution in [3.05, 3.63) is 30.3 Å². The van der Waals surface area contributed by atoms with Crippen LogP contribution in [0.1, 0.15) is 0 Å². The number of carbonyl (C=O) groups excluding carboxylic acids is 2. The predicted octanol–water partition coefficient (Wildman–Crippen LogP) is -1.31. The van der Waals surface area contributed by atoms with Gasteiger partial charge in [0.15, 0.2) is 0 Å². The minimum absolute atomic E-state index is 0.186. The molecule has 102 valence electrons. The summed E-state index contributed by atoms with van der Waals surface area (Å²) >= 11 is 0. The summed E-state index contributed by atoms with van der Waals surface area (Å²) in [5.41, 5.74) is 0. The second kappa shape index (κ2) is 5.96. The summed E-state index contributed by atoms with van der Waals surface area (Å²) in [5, 5.41) is 10.0. The van der Waals surface area contributed by atoms with Crippen LogP contribution in [0, 0.1) is 0 Å². The third kappa shape index (κ3) is 4.39. The number of aliphatic carboxylic acids is 1. The second-order valence-corrected chi connectivity index (χ2v) is 5.01. The van der Waals surface area contributed by atoms with Gasteiger partial charge in [0.05, 0.1) is 4.90 Å². The van der Waals surface area contributed by atoms with E-state index in [4.69, 9.17) is 5.11 Å². The fraction of sp³-hybridized carbons (Fsp3) is 0.100. The molecule has 8 nitrogen and oxygen atoms in total. The maximum atomic E-state index is 11.7. The summed E-state index contributed by atoms with van der Waals surface area (Å²) in [7, 11) is -4.15. The monoisotopic (exact) mass is 286 g/mol. The number of nitrogens with one attached hydrogen (secondary N) is 2. The molecule has 0 saturated heterocycles. The highest BCUT2D eigenvalue weighted by Crippen LogP contribution is 2.06. The molecule has 3 N–H and O–H groups in total. The zero-order valence-corrected chi connectivity index (χ0v) is 10.3. The first-order chi connectivity index (χ1) is 8.83. The summed E-state index contributed by atoms with van der Waals surface area (Å²) in [5.74, 6) is -4.15. The Labute approximate surface area is 108 Å². The van der Waals surface area contributed by atoms with Crippen molar-refractivity contribution in [2.75, 3.05) is 6.54 Å². The van der Waals surface area contributed by atoms with Gasteiger partial charge in [0.1, 0.15) is 6.54 Å². The van der Waals surface area contributed by atoms with Gasteiger partial charge in [-0.25, -0.2) is 13.1 Å². The van der Waals surface area contributed by atoms with Crippen LogP contribution < -0.4 is 10.0 Å².